The number of hydrazine groups is 1. The Labute approximate surface area is 167 Å². The SMILES string of the molecule is NC1NN2CC(F)CNC2C1C(=O)NC1CNCCC1OC1CCS(=O)CC1. The van der Waals surface area contributed by atoms with Gasteiger partial charge in [-0.3, -0.25) is 14.3 Å². The molecule has 0 saturated carbocycles. The van der Waals surface area contributed by atoms with Crippen LogP contribution in [0.4, 0.5) is 4.39 Å². The second kappa shape index (κ2) is 8.99. The maximum atomic E-state index is 13.6. The largest absolute Gasteiger partial charge is 0.373 e. The summed E-state index contributed by atoms with van der Waals surface area (Å²) in [6, 6.07) is -0.146. The number of nitrogens with two attached hydrogens (primary N) is 1. The number of alkyl halides is 1. The van der Waals surface area contributed by atoms with Crippen molar-refractivity contribution >= 4 is 16.7 Å². The Kier molecular flexibility index (Phi) is 6.60. The molecule has 0 bridgehead atoms. The molecule has 0 aromatic rings. The van der Waals surface area contributed by atoms with E-state index in [4.69, 9.17) is 10.5 Å². The summed E-state index contributed by atoms with van der Waals surface area (Å²) in [6.07, 6.45) is 0.600. The van der Waals surface area contributed by atoms with Gasteiger partial charge in [0.25, 0.3) is 0 Å². The van der Waals surface area contributed by atoms with Gasteiger partial charge in [-0.05, 0) is 25.8 Å². The summed E-state index contributed by atoms with van der Waals surface area (Å²) in [5.74, 6) is 0.721. The van der Waals surface area contributed by atoms with Gasteiger partial charge in [0.15, 0.2) is 0 Å². The van der Waals surface area contributed by atoms with Gasteiger partial charge >= 0.3 is 0 Å². The number of hydrogen-bond acceptors (Lipinski definition) is 8. The molecule has 1 amide bonds. The molecule has 4 aliphatic heterocycles. The monoisotopic (exact) mass is 418 g/mol. The zero-order valence-corrected chi connectivity index (χ0v) is 16.8. The Bertz CT molecular complexity index is 591. The number of nitrogens with zero attached hydrogens (tertiary/aromatic N) is 1. The first kappa shape index (κ1) is 20.6. The molecular formula is C17H31FN6O3S. The molecule has 4 rings (SSSR count). The van der Waals surface area contributed by atoms with E-state index in [2.05, 4.69) is 21.4 Å². The molecule has 4 fully saturated rings. The molecule has 0 aromatic heterocycles. The molecule has 0 aliphatic carbocycles. The molecular weight excluding hydrogens is 387 g/mol. The zero-order valence-electron chi connectivity index (χ0n) is 15.9. The van der Waals surface area contributed by atoms with Crippen LogP contribution in [-0.4, -0.2) is 89.6 Å². The number of nitrogens with one attached hydrogen (secondary N) is 4. The maximum absolute atomic E-state index is 13.6. The number of halogens is 1. The van der Waals surface area contributed by atoms with Crippen molar-refractivity contribution in [3.8, 4) is 0 Å². The first-order valence-electron chi connectivity index (χ1n) is 10.2. The van der Waals surface area contributed by atoms with Crippen molar-refractivity contribution in [2.75, 3.05) is 37.7 Å². The van der Waals surface area contributed by atoms with E-state index >= 15 is 0 Å². The second-order valence-electron chi connectivity index (χ2n) is 8.11. The summed E-state index contributed by atoms with van der Waals surface area (Å²) in [5, 5.41) is 11.2. The van der Waals surface area contributed by atoms with Gasteiger partial charge in [-0.15, -0.1) is 0 Å². The van der Waals surface area contributed by atoms with Crippen LogP contribution in [0, 0.1) is 5.92 Å². The van der Waals surface area contributed by atoms with Crippen molar-refractivity contribution in [3.63, 3.8) is 0 Å². The summed E-state index contributed by atoms with van der Waals surface area (Å²) in [6.45, 7) is 1.92. The van der Waals surface area contributed by atoms with Gasteiger partial charge < -0.3 is 21.1 Å². The summed E-state index contributed by atoms with van der Waals surface area (Å²) in [5.41, 5.74) is 9.14. The molecule has 160 valence electrons. The predicted molar refractivity (Wildman–Crippen MR) is 103 cm³/mol. The number of amides is 1. The Hall–Kier alpha value is -0.690. The molecule has 6 atom stereocenters. The molecule has 0 spiro atoms. The van der Waals surface area contributed by atoms with E-state index in [1.165, 1.54) is 0 Å². The smallest absolute Gasteiger partial charge is 0.229 e. The highest BCUT2D eigenvalue weighted by Crippen LogP contribution is 2.23. The lowest BCUT2D eigenvalue weighted by Gasteiger charge is -2.37. The van der Waals surface area contributed by atoms with Gasteiger partial charge in [0.05, 0.1) is 36.5 Å². The standard InChI is InChI=1S/C17H31FN6O3S/c18-10-7-21-16-14(15(19)23-24(16)9-10)17(25)22-12-8-20-4-1-13(12)27-11-2-5-28(26)6-3-11/h10-16,20-21,23H,1-9,19H2,(H,22,25). The fraction of sp³-hybridized carbons (Fsp3) is 0.941. The third kappa shape index (κ3) is 4.55. The topological polar surface area (TPSA) is 121 Å². The average molecular weight is 419 g/mol. The van der Waals surface area contributed by atoms with E-state index in [0.717, 1.165) is 25.8 Å². The summed E-state index contributed by atoms with van der Waals surface area (Å²) < 4.78 is 31.5. The molecule has 11 heteroatoms. The van der Waals surface area contributed by atoms with Crippen molar-refractivity contribution < 1.29 is 18.1 Å². The van der Waals surface area contributed by atoms with Crippen molar-refractivity contribution in [1.82, 2.24) is 26.4 Å². The van der Waals surface area contributed by atoms with Crippen LogP contribution < -0.4 is 27.1 Å². The Morgan fingerprint density at radius 1 is 1.25 bits per heavy atom. The van der Waals surface area contributed by atoms with Gasteiger partial charge in [0, 0.05) is 41.9 Å². The van der Waals surface area contributed by atoms with E-state index in [9.17, 15) is 13.4 Å². The van der Waals surface area contributed by atoms with E-state index in [1.807, 2.05) is 0 Å². The average Bonchev–Trinajstić information content (AvgIpc) is 3.00. The second-order valence-corrected chi connectivity index (χ2v) is 9.81. The molecule has 6 unspecified atom stereocenters. The van der Waals surface area contributed by atoms with Gasteiger partial charge in [-0.25, -0.2) is 14.8 Å². The van der Waals surface area contributed by atoms with Gasteiger partial charge in [-0.1, -0.05) is 0 Å². The third-order valence-corrected chi connectivity index (χ3v) is 7.45. The van der Waals surface area contributed by atoms with Crippen LogP contribution in [0.5, 0.6) is 0 Å². The van der Waals surface area contributed by atoms with E-state index in [0.29, 0.717) is 18.1 Å². The number of carbonyl (C=O) groups is 1. The summed E-state index contributed by atoms with van der Waals surface area (Å²) in [7, 11) is -0.719. The highest BCUT2D eigenvalue weighted by atomic mass is 32.2. The van der Waals surface area contributed by atoms with Crippen LogP contribution >= 0.6 is 0 Å². The van der Waals surface area contributed by atoms with Gasteiger partial charge in [0.1, 0.15) is 6.17 Å². The molecule has 4 saturated heterocycles. The minimum atomic E-state index is -0.983. The highest BCUT2D eigenvalue weighted by Gasteiger charge is 2.47. The quantitative estimate of drug-likeness (QED) is 0.347. The van der Waals surface area contributed by atoms with Crippen LogP contribution in [0.1, 0.15) is 19.3 Å². The molecule has 0 aromatic carbocycles. The van der Waals surface area contributed by atoms with Crippen molar-refractivity contribution in [3.05, 3.63) is 0 Å². The number of rotatable bonds is 4. The molecule has 4 aliphatic rings. The van der Waals surface area contributed by atoms with E-state index < -0.39 is 29.1 Å². The normalized spacial score (nSPS) is 44.8. The lowest BCUT2D eigenvalue weighted by molar-refractivity contribution is -0.130. The van der Waals surface area contributed by atoms with Crippen LogP contribution in [-0.2, 0) is 20.3 Å². The Balaban J connectivity index is 1.36. The fourth-order valence-electron chi connectivity index (χ4n) is 4.55. The Morgan fingerprint density at radius 3 is 2.82 bits per heavy atom. The number of hydrogen-bond donors (Lipinski definition) is 5. The first-order valence-corrected chi connectivity index (χ1v) is 11.7. The molecule has 4 heterocycles. The fourth-order valence-corrected chi connectivity index (χ4v) is 5.81. The minimum Gasteiger partial charge on any atom is -0.373 e. The third-order valence-electron chi connectivity index (χ3n) is 6.07. The van der Waals surface area contributed by atoms with Crippen molar-refractivity contribution in [2.45, 2.75) is 56.0 Å². The predicted octanol–water partition coefficient (Wildman–Crippen LogP) is -2.25. The number of fused-ring (bicyclic) bond motifs is 1. The number of carbonyl (C=O) groups excluding carboxylic acids is 1. The summed E-state index contributed by atoms with van der Waals surface area (Å²) in [4.78, 5) is 13.0. The van der Waals surface area contributed by atoms with Crippen LogP contribution in [0.15, 0.2) is 0 Å². The van der Waals surface area contributed by atoms with E-state index in [-0.39, 0.29) is 43.4 Å². The highest BCUT2D eigenvalue weighted by molar-refractivity contribution is 7.85. The van der Waals surface area contributed by atoms with Gasteiger partial charge in [-0.2, -0.15) is 0 Å². The van der Waals surface area contributed by atoms with Crippen LogP contribution in [0.25, 0.3) is 0 Å². The van der Waals surface area contributed by atoms with E-state index in [1.54, 1.807) is 5.01 Å². The molecule has 28 heavy (non-hydrogen) atoms. The van der Waals surface area contributed by atoms with Crippen LogP contribution in [0.2, 0.25) is 0 Å². The lowest BCUT2D eigenvalue weighted by Crippen LogP contribution is -2.61. The lowest BCUT2D eigenvalue weighted by atomic mass is 9.98. The zero-order chi connectivity index (χ0) is 19.7. The molecule has 6 N–H and O–H groups in total. The number of piperidine rings is 1. The van der Waals surface area contributed by atoms with Crippen molar-refractivity contribution in [2.24, 2.45) is 11.7 Å². The molecule has 9 nitrogen and oxygen atoms in total. The first-order chi connectivity index (χ1) is 13.5. The summed E-state index contributed by atoms with van der Waals surface area (Å²) >= 11 is 0. The van der Waals surface area contributed by atoms with Crippen molar-refractivity contribution in [1.29, 1.82) is 0 Å². The molecule has 0 radical (unpaired) electrons. The number of ether oxygens (including phenoxy) is 1. The maximum Gasteiger partial charge on any atom is 0.229 e. The Morgan fingerprint density at radius 2 is 2.04 bits per heavy atom. The minimum absolute atomic E-state index is 0.0713. The van der Waals surface area contributed by atoms with Gasteiger partial charge in [0.2, 0.25) is 5.91 Å². The van der Waals surface area contributed by atoms with Crippen LogP contribution in [0.3, 0.4) is 0 Å².